The fourth-order valence-electron chi connectivity index (χ4n) is 3.21. The molecular formula is C22H25ClN4O. The lowest BCUT2D eigenvalue weighted by molar-refractivity contribution is 0.0745. The van der Waals surface area contributed by atoms with Crippen molar-refractivity contribution in [3.8, 4) is 11.1 Å². The maximum atomic E-state index is 13.5. The summed E-state index contributed by atoms with van der Waals surface area (Å²) < 4.78 is 2.02. The molecule has 0 spiro atoms. The van der Waals surface area contributed by atoms with Gasteiger partial charge in [0.05, 0.1) is 6.54 Å². The molecule has 3 rings (SSSR count). The lowest BCUT2D eigenvalue weighted by Gasteiger charge is -2.23. The van der Waals surface area contributed by atoms with Crippen molar-refractivity contribution in [2.45, 2.75) is 40.3 Å². The van der Waals surface area contributed by atoms with Gasteiger partial charge in [-0.15, -0.1) is 0 Å². The number of carbonyl (C=O) groups is 1. The van der Waals surface area contributed by atoms with Gasteiger partial charge in [0, 0.05) is 41.8 Å². The summed E-state index contributed by atoms with van der Waals surface area (Å²) in [4.78, 5) is 23.9. The van der Waals surface area contributed by atoms with Gasteiger partial charge in [0.1, 0.15) is 11.5 Å². The second-order valence-corrected chi connectivity index (χ2v) is 7.64. The van der Waals surface area contributed by atoms with Crippen LogP contribution in [0.2, 0.25) is 5.02 Å². The highest BCUT2D eigenvalue weighted by Gasteiger charge is 2.27. The van der Waals surface area contributed by atoms with Gasteiger partial charge >= 0.3 is 0 Å². The van der Waals surface area contributed by atoms with Crippen LogP contribution in [0.3, 0.4) is 0 Å². The van der Waals surface area contributed by atoms with Gasteiger partial charge in [0.15, 0.2) is 0 Å². The minimum Gasteiger partial charge on any atom is -0.338 e. The van der Waals surface area contributed by atoms with Crippen molar-refractivity contribution in [3.05, 3.63) is 70.5 Å². The van der Waals surface area contributed by atoms with Crippen LogP contribution in [-0.2, 0) is 6.54 Å². The molecule has 0 bridgehead atoms. The third kappa shape index (κ3) is 3.80. The first-order chi connectivity index (χ1) is 13.3. The maximum Gasteiger partial charge on any atom is 0.271 e. The van der Waals surface area contributed by atoms with Gasteiger partial charge in [-0.1, -0.05) is 23.7 Å². The minimum absolute atomic E-state index is 0.0212. The van der Waals surface area contributed by atoms with Crippen LogP contribution < -0.4 is 0 Å². The average molecular weight is 397 g/mol. The maximum absolute atomic E-state index is 13.5. The molecule has 0 aliphatic heterocycles. The molecule has 0 N–H and O–H groups in total. The Bertz CT molecular complexity index is 978. The zero-order valence-electron chi connectivity index (χ0n) is 16.9. The van der Waals surface area contributed by atoms with Gasteiger partial charge in [-0.05, 0) is 57.0 Å². The first-order valence-electron chi connectivity index (χ1n) is 9.30. The molecule has 5 nitrogen and oxygen atoms in total. The van der Waals surface area contributed by atoms with Crippen molar-refractivity contribution in [1.29, 1.82) is 0 Å². The Hall–Kier alpha value is -2.66. The molecule has 146 valence electrons. The fourth-order valence-corrected chi connectivity index (χ4v) is 3.33. The fraction of sp³-hybridized carbons (Fsp3) is 0.318. The zero-order chi connectivity index (χ0) is 20.4. The largest absolute Gasteiger partial charge is 0.338 e. The van der Waals surface area contributed by atoms with E-state index in [0.717, 1.165) is 22.4 Å². The summed E-state index contributed by atoms with van der Waals surface area (Å²) >= 11 is 6.08. The van der Waals surface area contributed by atoms with Crippen molar-refractivity contribution in [3.63, 3.8) is 0 Å². The van der Waals surface area contributed by atoms with Gasteiger partial charge in [0.2, 0.25) is 0 Å². The van der Waals surface area contributed by atoms with Crippen molar-refractivity contribution in [2.75, 3.05) is 7.05 Å². The Labute approximate surface area is 171 Å². The first-order valence-corrected chi connectivity index (χ1v) is 9.67. The highest BCUT2D eigenvalue weighted by Crippen LogP contribution is 2.34. The van der Waals surface area contributed by atoms with E-state index in [4.69, 9.17) is 11.6 Å². The number of halogens is 1. The summed E-state index contributed by atoms with van der Waals surface area (Å²) in [5.74, 6) is 0.650. The van der Waals surface area contributed by atoms with Crippen LogP contribution in [0.4, 0.5) is 0 Å². The van der Waals surface area contributed by atoms with E-state index in [1.807, 2.05) is 63.6 Å². The number of carbonyl (C=O) groups excluding carboxylic acids is 1. The van der Waals surface area contributed by atoms with E-state index >= 15 is 0 Å². The number of nitrogens with zero attached hydrogens (tertiary/aromatic N) is 4. The number of hydrogen-bond donors (Lipinski definition) is 0. The van der Waals surface area contributed by atoms with E-state index in [9.17, 15) is 4.79 Å². The van der Waals surface area contributed by atoms with Crippen LogP contribution in [0.25, 0.3) is 11.1 Å². The summed E-state index contributed by atoms with van der Waals surface area (Å²) in [6, 6.07) is 9.49. The van der Waals surface area contributed by atoms with E-state index in [-0.39, 0.29) is 11.9 Å². The number of aromatic nitrogens is 3. The highest BCUT2D eigenvalue weighted by atomic mass is 35.5. The summed E-state index contributed by atoms with van der Waals surface area (Å²) in [6.45, 7) is 8.53. The second-order valence-electron chi connectivity index (χ2n) is 7.20. The van der Waals surface area contributed by atoms with Crippen molar-refractivity contribution in [2.24, 2.45) is 0 Å². The first kappa shape index (κ1) is 20.1. The molecule has 1 aromatic carbocycles. The van der Waals surface area contributed by atoms with Crippen molar-refractivity contribution < 1.29 is 4.79 Å². The van der Waals surface area contributed by atoms with Gasteiger partial charge in [0.25, 0.3) is 5.91 Å². The molecule has 2 aromatic heterocycles. The predicted molar refractivity (Wildman–Crippen MR) is 113 cm³/mol. The monoisotopic (exact) mass is 396 g/mol. The Kier molecular flexibility index (Phi) is 5.84. The minimum atomic E-state index is -0.0212. The average Bonchev–Trinajstić information content (AvgIpc) is 2.93. The molecule has 0 saturated carbocycles. The van der Waals surface area contributed by atoms with Crippen LogP contribution in [0.15, 0.2) is 42.7 Å². The molecule has 2 heterocycles. The normalized spacial score (nSPS) is 11.1. The number of benzene rings is 1. The zero-order valence-corrected chi connectivity index (χ0v) is 17.7. The molecule has 3 aromatic rings. The van der Waals surface area contributed by atoms with Crippen LogP contribution in [0.1, 0.15) is 41.4 Å². The predicted octanol–water partition coefficient (Wildman–Crippen LogP) is 4.74. The molecule has 0 radical (unpaired) electrons. The van der Waals surface area contributed by atoms with E-state index in [2.05, 4.69) is 9.97 Å². The van der Waals surface area contributed by atoms with E-state index in [1.165, 1.54) is 0 Å². The Morgan fingerprint density at radius 2 is 1.75 bits per heavy atom. The molecule has 0 fully saturated rings. The van der Waals surface area contributed by atoms with Crippen LogP contribution >= 0.6 is 11.6 Å². The Morgan fingerprint density at radius 3 is 2.32 bits per heavy atom. The number of amides is 1. The summed E-state index contributed by atoms with van der Waals surface area (Å²) in [5.41, 5.74) is 4.65. The third-order valence-electron chi connectivity index (χ3n) is 5.18. The second kappa shape index (κ2) is 8.15. The molecular weight excluding hydrogens is 372 g/mol. The van der Waals surface area contributed by atoms with Crippen LogP contribution in [-0.4, -0.2) is 38.4 Å². The molecule has 0 aliphatic carbocycles. The number of hydrogen-bond acceptors (Lipinski definition) is 3. The number of rotatable bonds is 5. The lowest BCUT2D eigenvalue weighted by Crippen LogP contribution is -2.35. The molecule has 0 aliphatic rings. The van der Waals surface area contributed by atoms with Crippen molar-refractivity contribution >= 4 is 17.5 Å². The topological polar surface area (TPSA) is 51.0 Å². The van der Waals surface area contributed by atoms with Gasteiger partial charge < -0.3 is 9.47 Å². The molecule has 0 saturated heterocycles. The van der Waals surface area contributed by atoms with Crippen LogP contribution in [0, 0.1) is 13.8 Å². The Balaban J connectivity index is 2.22. The third-order valence-corrected chi connectivity index (χ3v) is 5.43. The quantitative estimate of drug-likeness (QED) is 0.625. The van der Waals surface area contributed by atoms with Gasteiger partial charge in [-0.3, -0.25) is 4.79 Å². The molecule has 0 unspecified atom stereocenters. The van der Waals surface area contributed by atoms with Crippen molar-refractivity contribution in [1.82, 2.24) is 19.4 Å². The van der Waals surface area contributed by atoms with Gasteiger partial charge in [-0.2, -0.15) is 0 Å². The Morgan fingerprint density at radius 1 is 1.14 bits per heavy atom. The van der Waals surface area contributed by atoms with E-state index in [1.54, 1.807) is 23.4 Å². The van der Waals surface area contributed by atoms with Gasteiger partial charge in [-0.25, -0.2) is 9.97 Å². The standard InChI is InChI=1S/C22H25ClN4O/c1-14(2)26(5)22(28)21-20(17-7-9-18(23)10-8-17)15(3)16(4)27(21)13-19-24-11-6-12-25-19/h6-12,14H,13H2,1-5H3. The highest BCUT2D eigenvalue weighted by molar-refractivity contribution is 6.30. The smallest absolute Gasteiger partial charge is 0.271 e. The molecule has 1 amide bonds. The van der Waals surface area contributed by atoms with E-state index < -0.39 is 0 Å². The lowest BCUT2D eigenvalue weighted by atomic mass is 10.0. The summed E-state index contributed by atoms with van der Waals surface area (Å²) in [6.07, 6.45) is 3.44. The summed E-state index contributed by atoms with van der Waals surface area (Å²) in [5, 5.41) is 0.669. The summed E-state index contributed by atoms with van der Waals surface area (Å²) in [7, 11) is 1.83. The SMILES string of the molecule is Cc1c(-c2ccc(Cl)cc2)c(C(=O)N(C)C(C)C)n(Cc2ncccn2)c1C. The molecule has 28 heavy (non-hydrogen) atoms. The molecule has 6 heteroatoms. The van der Waals surface area contributed by atoms with Crippen LogP contribution in [0.5, 0.6) is 0 Å². The van der Waals surface area contributed by atoms with E-state index in [0.29, 0.717) is 23.1 Å². The molecule has 0 atom stereocenters.